The van der Waals surface area contributed by atoms with Crippen molar-refractivity contribution >= 4 is 17.2 Å². The SMILES string of the molecule is Cc1ccccc1N1c2cncnc2N(C)[C@@H]1C. The molecule has 0 aliphatic carbocycles. The fourth-order valence-corrected chi connectivity index (χ4v) is 2.47. The molecular weight excluding hydrogens is 224 g/mol. The van der Waals surface area contributed by atoms with E-state index in [2.05, 4.69) is 64.9 Å². The van der Waals surface area contributed by atoms with Crippen LogP contribution >= 0.6 is 0 Å². The monoisotopic (exact) mass is 240 g/mol. The number of anilines is 3. The lowest BCUT2D eigenvalue weighted by Gasteiger charge is -2.28. The number of rotatable bonds is 1. The average molecular weight is 240 g/mol. The van der Waals surface area contributed by atoms with E-state index in [1.807, 2.05) is 6.20 Å². The molecule has 4 nitrogen and oxygen atoms in total. The van der Waals surface area contributed by atoms with Gasteiger partial charge >= 0.3 is 0 Å². The summed E-state index contributed by atoms with van der Waals surface area (Å²) in [6.45, 7) is 4.30. The van der Waals surface area contributed by atoms with Gasteiger partial charge in [0.2, 0.25) is 0 Å². The Morgan fingerprint density at radius 3 is 2.72 bits per heavy atom. The lowest BCUT2D eigenvalue weighted by Crippen LogP contribution is -2.36. The van der Waals surface area contributed by atoms with Gasteiger partial charge in [0.15, 0.2) is 5.82 Å². The molecule has 2 heterocycles. The summed E-state index contributed by atoms with van der Waals surface area (Å²) in [6.07, 6.45) is 3.73. The molecule has 0 unspecified atom stereocenters. The first-order chi connectivity index (χ1) is 8.70. The summed E-state index contributed by atoms with van der Waals surface area (Å²) < 4.78 is 0. The van der Waals surface area contributed by atoms with Gasteiger partial charge in [-0.05, 0) is 25.5 Å². The Balaban J connectivity index is 2.16. The van der Waals surface area contributed by atoms with E-state index in [1.54, 1.807) is 6.33 Å². The minimum atomic E-state index is 0.248. The van der Waals surface area contributed by atoms with Crippen molar-refractivity contribution in [3.63, 3.8) is 0 Å². The highest BCUT2D eigenvalue weighted by Crippen LogP contribution is 2.41. The fraction of sp³-hybridized carbons (Fsp3) is 0.286. The van der Waals surface area contributed by atoms with Gasteiger partial charge in [0.1, 0.15) is 18.2 Å². The normalized spacial score (nSPS) is 18.1. The summed E-state index contributed by atoms with van der Waals surface area (Å²) in [5, 5.41) is 0. The summed E-state index contributed by atoms with van der Waals surface area (Å²) in [5.41, 5.74) is 3.54. The predicted molar refractivity (Wildman–Crippen MR) is 73.2 cm³/mol. The van der Waals surface area contributed by atoms with E-state index in [0.717, 1.165) is 11.5 Å². The first kappa shape index (κ1) is 11.0. The van der Waals surface area contributed by atoms with Gasteiger partial charge < -0.3 is 9.80 Å². The van der Waals surface area contributed by atoms with Crippen molar-refractivity contribution in [1.29, 1.82) is 0 Å². The van der Waals surface area contributed by atoms with Gasteiger partial charge in [-0.1, -0.05) is 18.2 Å². The maximum atomic E-state index is 4.37. The van der Waals surface area contributed by atoms with Crippen LogP contribution in [0.3, 0.4) is 0 Å². The second-order valence-corrected chi connectivity index (χ2v) is 4.63. The zero-order chi connectivity index (χ0) is 12.7. The summed E-state index contributed by atoms with van der Waals surface area (Å²) >= 11 is 0. The number of fused-ring (bicyclic) bond motifs is 1. The first-order valence-corrected chi connectivity index (χ1v) is 6.08. The van der Waals surface area contributed by atoms with E-state index in [9.17, 15) is 0 Å². The van der Waals surface area contributed by atoms with Crippen LogP contribution in [-0.4, -0.2) is 23.2 Å². The molecule has 0 fully saturated rings. The molecule has 1 aliphatic heterocycles. The van der Waals surface area contributed by atoms with Crippen molar-refractivity contribution in [2.24, 2.45) is 0 Å². The van der Waals surface area contributed by atoms with Gasteiger partial charge in [0.05, 0.1) is 6.20 Å². The smallest absolute Gasteiger partial charge is 0.157 e. The van der Waals surface area contributed by atoms with E-state index in [4.69, 9.17) is 0 Å². The molecule has 0 saturated carbocycles. The summed E-state index contributed by atoms with van der Waals surface area (Å²) in [6, 6.07) is 8.40. The number of hydrogen-bond donors (Lipinski definition) is 0. The van der Waals surface area contributed by atoms with Crippen molar-refractivity contribution in [1.82, 2.24) is 9.97 Å². The molecule has 0 N–H and O–H groups in total. The van der Waals surface area contributed by atoms with Crippen molar-refractivity contribution in [3.8, 4) is 0 Å². The van der Waals surface area contributed by atoms with Crippen LogP contribution in [0.4, 0.5) is 17.2 Å². The summed E-state index contributed by atoms with van der Waals surface area (Å²) in [5.74, 6) is 0.987. The molecule has 1 aromatic heterocycles. The third kappa shape index (κ3) is 1.45. The van der Waals surface area contributed by atoms with Gasteiger partial charge in [0.25, 0.3) is 0 Å². The highest BCUT2D eigenvalue weighted by Gasteiger charge is 2.33. The lowest BCUT2D eigenvalue weighted by atomic mass is 10.1. The van der Waals surface area contributed by atoms with Crippen molar-refractivity contribution < 1.29 is 0 Å². The zero-order valence-electron chi connectivity index (χ0n) is 10.8. The molecule has 1 aromatic carbocycles. The number of para-hydroxylation sites is 1. The van der Waals surface area contributed by atoms with Crippen molar-refractivity contribution in [2.45, 2.75) is 20.0 Å². The second kappa shape index (κ2) is 3.98. The lowest BCUT2D eigenvalue weighted by molar-refractivity contribution is 0.728. The number of nitrogens with zero attached hydrogens (tertiary/aromatic N) is 4. The second-order valence-electron chi connectivity index (χ2n) is 4.63. The summed E-state index contributed by atoms with van der Waals surface area (Å²) in [7, 11) is 2.06. The van der Waals surface area contributed by atoms with E-state index >= 15 is 0 Å². The first-order valence-electron chi connectivity index (χ1n) is 6.08. The van der Waals surface area contributed by atoms with Gasteiger partial charge in [-0.15, -0.1) is 0 Å². The van der Waals surface area contributed by atoms with Crippen molar-refractivity contribution in [2.75, 3.05) is 16.8 Å². The minimum Gasteiger partial charge on any atom is -0.337 e. The Morgan fingerprint density at radius 2 is 1.94 bits per heavy atom. The van der Waals surface area contributed by atoms with E-state index in [0.29, 0.717) is 0 Å². The molecule has 92 valence electrons. The molecule has 0 saturated heterocycles. The Kier molecular flexibility index (Phi) is 2.44. The third-order valence-corrected chi connectivity index (χ3v) is 3.58. The third-order valence-electron chi connectivity index (χ3n) is 3.58. The zero-order valence-corrected chi connectivity index (χ0v) is 10.8. The van der Waals surface area contributed by atoms with E-state index in [1.165, 1.54) is 11.3 Å². The van der Waals surface area contributed by atoms with Crippen LogP contribution in [0.1, 0.15) is 12.5 Å². The van der Waals surface area contributed by atoms with Crippen LogP contribution in [0.2, 0.25) is 0 Å². The van der Waals surface area contributed by atoms with Crippen LogP contribution in [0.15, 0.2) is 36.8 Å². The van der Waals surface area contributed by atoms with Gasteiger partial charge in [-0.25, -0.2) is 9.97 Å². The van der Waals surface area contributed by atoms with Crippen LogP contribution in [-0.2, 0) is 0 Å². The number of hydrogen-bond acceptors (Lipinski definition) is 4. The molecule has 1 atom stereocenters. The van der Waals surface area contributed by atoms with Gasteiger partial charge in [0, 0.05) is 12.7 Å². The molecule has 18 heavy (non-hydrogen) atoms. The molecule has 0 spiro atoms. The standard InChI is InChI=1S/C14H16N4/c1-10-6-4-5-7-12(10)18-11(2)17(3)14-13(18)8-15-9-16-14/h4-9,11H,1-3H3/t11-/m0/s1. The maximum absolute atomic E-state index is 4.37. The molecule has 0 bridgehead atoms. The Morgan fingerprint density at radius 1 is 1.17 bits per heavy atom. The molecular formula is C14H16N4. The van der Waals surface area contributed by atoms with Crippen LogP contribution in [0.25, 0.3) is 0 Å². The summed E-state index contributed by atoms with van der Waals surface area (Å²) in [4.78, 5) is 13.0. The van der Waals surface area contributed by atoms with E-state index < -0.39 is 0 Å². The molecule has 0 amide bonds. The number of aryl methyl sites for hydroxylation is 1. The van der Waals surface area contributed by atoms with Crippen LogP contribution in [0, 0.1) is 6.92 Å². The largest absolute Gasteiger partial charge is 0.337 e. The molecule has 3 rings (SSSR count). The maximum Gasteiger partial charge on any atom is 0.157 e. The highest BCUT2D eigenvalue weighted by molar-refractivity contribution is 5.80. The predicted octanol–water partition coefficient (Wildman–Crippen LogP) is 2.72. The van der Waals surface area contributed by atoms with Gasteiger partial charge in [-0.2, -0.15) is 0 Å². The molecule has 2 aromatic rings. The fourth-order valence-electron chi connectivity index (χ4n) is 2.47. The van der Waals surface area contributed by atoms with Crippen LogP contribution < -0.4 is 9.80 Å². The van der Waals surface area contributed by atoms with Crippen molar-refractivity contribution in [3.05, 3.63) is 42.4 Å². The number of benzene rings is 1. The van der Waals surface area contributed by atoms with E-state index in [-0.39, 0.29) is 6.17 Å². The molecule has 0 radical (unpaired) electrons. The molecule has 4 heteroatoms. The number of aromatic nitrogens is 2. The topological polar surface area (TPSA) is 32.3 Å². The Bertz CT molecular complexity index is 582. The Hall–Kier alpha value is -2.10. The van der Waals surface area contributed by atoms with Gasteiger partial charge in [-0.3, -0.25) is 0 Å². The minimum absolute atomic E-state index is 0.248. The van der Waals surface area contributed by atoms with Crippen LogP contribution in [0.5, 0.6) is 0 Å². The Labute approximate surface area is 107 Å². The molecule has 1 aliphatic rings. The quantitative estimate of drug-likeness (QED) is 0.767. The highest BCUT2D eigenvalue weighted by atomic mass is 15.4. The average Bonchev–Trinajstić information content (AvgIpc) is 2.64.